The molecule has 1 aromatic heterocycles. The molecule has 4 heteroatoms. The van der Waals surface area contributed by atoms with E-state index in [-0.39, 0.29) is 0 Å². The fraction of sp³-hybridized carbons (Fsp3) is 0.812. The molecule has 0 fully saturated rings. The summed E-state index contributed by atoms with van der Waals surface area (Å²) in [6.07, 6.45) is 4.20. The molecule has 0 spiro atoms. The van der Waals surface area contributed by atoms with Gasteiger partial charge in [0.2, 0.25) is 0 Å². The van der Waals surface area contributed by atoms with Crippen LogP contribution in [0, 0.1) is 5.92 Å². The van der Waals surface area contributed by atoms with Crippen LogP contribution in [0.1, 0.15) is 58.8 Å². The van der Waals surface area contributed by atoms with Crippen molar-refractivity contribution in [3.8, 4) is 0 Å². The van der Waals surface area contributed by atoms with Gasteiger partial charge in [0.25, 0.3) is 0 Å². The molecule has 1 unspecified atom stereocenters. The zero-order valence-electron chi connectivity index (χ0n) is 13.7. The highest BCUT2D eigenvalue weighted by Gasteiger charge is 2.17. The number of nitrogens with zero attached hydrogens (tertiary/aromatic N) is 2. The van der Waals surface area contributed by atoms with E-state index in [9.17, 15) is 0 Å². The summed E-state index contributed by atoms with van der Waals surface area (Å²) in [5.41, 5.74) is 2.24. The molecule has 3 nitrogen and oxygen atoms in total. The molecule has 20 heavy (non-hydrogen) atoms. The normalized spacial score (nSPS) is 13.2. The largest absolute Gasteiger partial charge is 0.314 e. The van der Waals surface area contributed by atoms with Gasteiger partial charge in [0.15, 0.2) is 0 Å². The molecule has 0 saturated heterocycles. The van der Waals surface area contributed by atoms with Crippen LogP contribution in [-0.4, -0.2) is 22.4 Å². The quantitative estimate of drug-likeness (QED) is 0.745. The second-order valence-corrected chi connectivity index (χ2v) is 6.10. The van der Waals surface area contributed by atoms with Crippen molar-refractivity contribution in [3.05, 3.63) is 16.4 Å². The van der Waals surface area contributed by atoms with Gasteiger partial charge in [-0.2, -0.15) is 5.10 Å². The van der Waals surface area contributed by atoms with Crippen LogP contribution in [-0.2, 0) is 19.4 Å². The molecule has 1 heterocycles. The monoisotopic (exact) mass is 299 g/mol. The molecule has 1 N–H and O–H groups in total. The first-order valence-corrected chi connectivity index (χ1v) is 8.40. The molecule has 0 bridgehead atoms. The number of halogens is 1. The first-order valence-electron chi connectivity index (χ1n) is 8.02. The van der Waals surface area contributed by atoms with Gasteiger partial charge in [-0.1, -0.05) is 39.3 Å². The van der Waals surface area contributed by atoms with Gasteiger partial charge in [0, 0.05) is 12.6 Å². The standard InChI is InChI=1S/C16H30ClN3/c1-6-11-18-14(12(4)5)9-10-15-16(17)13(7-2)19-20(15)8-3/h12,14,18H,6-11H2,1-5H3. The van der Waals surface area contributed by atoms with Gasteiger partial charge in [-0.15, -0.1) is 0 Å². The smallest absolute Gasteiger partial charge is 0.0849 e. The predicted octanol–water partition coefficient (Wildman–Crippen LogP) is 4.08. The average Bonchev–Trinajstić information content (AvgIpc) is 2.74. The van der Waals surface area contributed by atoms with Crippen LogP contribution >= 0.6 is 11.6 Å². The Morgan fingerprint density at radius 2 is 1.95 bits per heavy atom. The summed E-state index contributed by atoms with van der Waals surface area (Å²) in [4.78, 5) is 0. The highest BCUT2D eigenvalue weighted by molar-refractivity contribution is 6.31. The van der Waals surface area contributed by atoms with E-state index in [1.165, 1.54) is 12.1 Å². The maximum Gasteiger partial charge on any atom is 0.0849 e. The zero-order valence-corrected chi connectivity index (χ0v) is 14.4. The average molecular weight is 300 g/mol. The molecule has 0 radical (unpaired) electrons. The SMILES string of the molecule is CCCNC(CCc1c(Cl)c(CC)nn1CC)C(C)C. The van der Waals surface area contributed by atoms with Crippen LogP contribution in [0.15, 0.2) is 0 Å². The lowest BCUT2D eigenvalue weighted by Gasteiger charge is -2.22. The van der Waals surface area contributed by atoms with Crippen molar-refractivity contribution in [2.24, 2.45) is 5.92 Å². The van der Waals surface area contributed by atoms with Crippen molar-refractivity contribution < 1.29 is 0 Å². The minimum absolute atomic E-state index is 0.552. The number of aryl methyl sites for hydroxylation is 2. The van der Waals surface area contributed by atoms with Crippen LogP contribution in [0.4, 0.5) is 0 Å². The Hall–Kier alpha value is -0.540. The summed E-state index contributed by atoms with van der Waals surface area (Å²) in [6.45, 7) is 13.0. The predicted molar refractivity (Wildman–Crippen MR) is 87.5 cm³/mol. The first kappa shape index (κ1) is 17.5. The van der Waals surface area contributed by atoms with E-state index in [0.29, 0.717) is 12.0 Å². The number of nitrogens with one attached hydrogen (secondary N) is 1. The van der Waals surface area contributed by atoms with Crippen molar-refractivity contribution >= 4 is 11.6 Å². The third-order valence-electron chi connectivity index (χ3n) is 3.85. The summed E-state index contributed by atoms with van der Waals surface area (Å²) < 4.78 is 2.07. The van der Waals surface area contributed by atoms with Gasteiger partial charge in [-0.05, 0) is 45.1 Å². The molecule has 1 rings (SSSR count). The lowest BCUT2D eigenvalue weighted by molar-refractivity contribution is 0.374. The van der Waals surface area contributed by atoms with Crippen LogP contribution in [0.3, 0.4) is 0 Å². The van der Waals surface area contributed by atoms with Crippen LogP contribution < -0.4 is 5.32 Å². The molecule has 0 aliphatic carbocycles. The third-order valence-corrected chi connectivity index (χ3v) is 4.28. The third kappa shape index (κ3) is 4.49. The van der Waals surface area contributed by atoms with Crippen LogP contribution in [0.5, 0.6) is 0 Å². The van der Waals surface area contributed by atoms with Crippen molar-refractivity contribution in [3.63, 3.8) is 0 Å². The van der Waals surface area contributed by atoms with E-state index in [2.05, 4.69) is 49.7 Å². The van der Waals surface area contributed by atoms with Gasteiger partial charge in [-0.25, -0.2) is 0 Å². The Morgan fingerprint density at radius 3 is 2.45 bits per heavy atom. The molecular weight excluding hydrogens is 270 g/mol. The number of hydrogen-bond donors (Lipinski definition) is 1. The summed E-state index contributed by atoms with van der Waals surface area (Å²) in [5.74, 6) is 0.643. The van der Waals surface area contributed by atoms with Gasteiger partial charge in [-0.3, -0.25) is 4.68 Å². The van der Waals surface area contributed by atoms with Gasteiger partial charge in [0.05, 0.1) is 16.4 Å². The van der Waals surface area contributed by atoms with E-state index in [0.717, 1.165) is 43.1 Å². The topological polar surface area (TPSA) is 29.9 Å². The van der Waals surface area contributed by atoms with Crippen LogP contribution in [0.25, 0.3) is 0 Å². The highest BCUT2D eigenvalue weighted by atomic mass is 35.5. The van der Waals surface area contributed by atoms with E-state index in [1.807, 2.05) is 0 Å². The van der Waals surface area contributed by atoms with E-state index in [1.54, 1.807) is 0 Å². The van der Waals surface area contributed by atoms with E-state index >= 15 is 0 Å². The summed E-state index contributed by atoms with van der Waals surface area (Å²) in [6, 6.07) is 0.552. The summed E-state index contributed by atoms with van der Waals surface area (Å²) in [5, 5.41) is 9.12. The number of rotatable bonds is 9. The minimum atomic E-state index is 0.552. The van der Waals surface area contributed by atoms with Crippen molar-refractivity contribution in [1.29, 1.82) is 0 Å². The summed E-state index contributed by atoms with van der Waals surface area (Å²) >= 11 is 6.47. The van der Waals surface area contributed by atoms with E-state index in [4.69, 9.17) is 11.6 Å². The number of aromatic nitrogens is 2. The molecule has 116 valence electrons. The first-order chi connectivity index (χ1) is 9.54. The molecule has 0 saturated carbocycles. The van der Waals surface area contributed by atoms with Gasteiger partial charge < -0.3 is 5.32 Å². The lowest BCUT2D eigenvalue weighted by atomic mass is 9.98. The van der Waals surface area contributed by atoms with Crippen molar-refractivity contribution in [1.82, 2.24) is 15.1 Å². The maximum absolute atomic E-state index is 6.47. The Bertz CT molecular complexity index is 399. The van der Waals surface area contributed by atoms with Crippen molar-refractivity contribution in [2.45, 2.75) is 72.9 Å². The fourth-order valence-electron chi connectivity index (χ4n) is 2.55. The molecular formula is C16H30ClN3. The molecule has 0 amide bonds. The fourth-order valence-corrected chi connectivity index (χ4v) is 2.91. The second kappa shape index (κ2) is 8.68. The molecule has 0 aromatic carbocycles. The highest BCUT2D eigenvalue weighted by Crippen LogP contribution is 2.24. The zero-order chi connectivity index (χ0) is 15.1. The second-order valence-electron chi connectivity index (χ2n) is 5.72. The Balaban J connectivity index is 2.74. The maximum atomic E-state index is 6.47. The van der Waals surface area contributed by atoms with Gasteiger partial charge >= 0.3 is 0 Å². The number of hydrogen-bond acceptors (Lipinski definition) is 2. The Morgan fingerprint density at radius 1 is 1.25 bits per heavy atom. The van der Waals surface area contributed by atoms with E-state index < -0.39 is 0 Å². The lowest BCUT2D eigenvalue weighted by Crippen LogP contribution is -2.35. The molecule has 1 atom stereocenters. The molecule has 1 aromatic rings. The van der Waals surface area contributed by atoms with Gasteiger partial charge in [0.1, 0.15) is 0 Å². The van der Waals surface area contributed by atoms with Crippen molar-refractivity contribution in [2.75, 3.05) is 6.54 Å². The van der Waals surface area contributed by atoms with Crippen LogP contribution in [0.2, 0.25) is 5.02 Å². The summed E-state index contributed by atoms with van der Waals surface area (Å²) in [7, 11) is 0. The minimum Gasteiger partial charge on any atom is -0.314 e. The molecule has 0 aliphatic rings. The Kier molecular flexibility index (Phi) is 7.60. The molecule has 0 aliphatic heterocycles. The Labute approximate surface area is 129 Å².